The minimum absolute atomic E-state index is 0.880. The van der Waals surface area contributed by atoms with Crippen LogP contribution in [0.5, 0.6) is 0 Å². The van der Waals surface area contributed by atoms with Crippen molar-refractivity contribution in [2.75, 3.05) is 46.3 Å². The van der Waals surface area contributed by atoms with E-state index in [4.69, 9.17) is 0 Å². The first kappa shape index (κ1) is 11.0. The van der Waals surface area contributed by atoms with Crippen LogP contribution in [0.15, 0.2) is 0 Å². The Balaban J connectivity index is 1.40. The van der Waals surface area contributed by atoms with E-state index in [1.165, 1.54) is 52.1 Å². The molecule has 0 N–H and O–H groups in total. The molecule has 92 valence electrons. The van der Waals surface area contributed by atoms with Crippen LogP contribution in [0.3, 0.4) is 0 Å². The monoisotopic (exact) mass is 223 g/mol. The normalized spacial score (nSPS) is 32.6. The summed E-state index contributed by atoms with van der Waals surface area (Å²) in [6.45, 7) is 10.4. The molecule has 3 aliphatic rings. The summed E-state index contributed by atoms with van der Waals surface area (Å²) in [6.07, 6.45) is 2.84. The van der Waals surface area contributed by atoms with E-state index in [1.807, 2.05) is 0 Å². The van der Waals surface area contributed by atoms with Gasteiger partial charge in [0.2, 0.25) is 0 Å². The molecule has 0 aromatic rings. The number of hydrogen-bond acceptors (Lipinski definition) is 3. The van der Waals surface area contributed by atoms with Crippen molar-refractivity contribution in [1.82, 2.24) is 14.7 Å². The maximum atomic E-state index is 2.74. The third-order valence-electron chi connectivity index (χ3n) is 4.79. The topological polar surface area (TPSA) is 9.72 Å². The van der Waals surface area contributed by atoms with Gasteiger partial charge in [-0.15, -0.1) is 0 Å². The van der Waals surface area contributed by atoms with Crippen molar-refractivity contribution >= 4 is 0 Å². The molecule has 0 amide bonds. The van der Waals surface area contributed by atoms with E-state index in [9.17, 15) is 0 Å². The summed E-state index contributed by atoms with van der Waals surface area (Å²) in [5, 5.41) is 0. The zero-order valence-electron chi connectivity index (χ0n) is 10.7. The van der Waals surface area contributed by atoms with Gasteiger partial charge in [-0.05, 0) is 38.9 Å². The molecular formula is C13H25N3. The van der Waals surface area contributed by atoms with E-state index in [-0.39, 0.29) is 0 Å². The molecule has 0 aromatic carbocycles. The average Bonchev–Trinajstić information content (AvgIpc) is 2.16. The maximum Gasteiger partial charge on any atom is 0.0351 e. The lowest BCUT2D eigenvalue weighted by Gasteiger charge is -2.54. The fraction of sp³-hybridized carbons (Fsp3) is 1.00. The van der Waals surface area contributed by atoms with Gasteiger partial charge in [-0.2, -0.15) is 0 Å². The quantitative estimate of drug-likeness (QED) is 0.683. The molecule has 0 radical (unpaired) electrons. The molecule has 3 saturated heterocycles. The number of rotatable bonds is 2. The average molecular weight is 223 g/mol. The SMILES string of the molecule is CC1CCN(C2CN(C3CN(C)C3)C2)CC1. The first-order valence-corrected chi connectivity index (χ1v) is 6.89. The summed E-state index contributed by atoms with van der Waals surface area (Å²) in [6, 6.07) is 1.77. The molecule has 0 atom stereocenters. The predicted octanol–water partition coefficient (Wildman–Crippen LogP) is 0.717. The minimum atomic E-state index is 0.880. The number of nitrogens with zero attached hydrogens (tertiary/aromatic N) is 3. The van der Waals surface area contributed by atoms with E-state index < -0.39 is 0 Å². The van der Waals surface area contributed by atoms with Crippen LogP contribution < -0.4 is 0 Å². The third-order valence-corrected chi connectivity index (χ3v) is 4.79. The summed E-state index contributed by atoms with van der Waals surface area (Å²) in [4.78, 5) is 7.84. The van der Waals surface area contributed by atoms with Gasteiger partial charge in [-0.3, -0.25) is 9.80 Å². The molecule has 3 aliphatic heterocycles. The Bertz CT molecular complexity index is 236. The second-order valence-corrected chi connectivity index (χ2v) is 6.20. The van der Waals surface area contributed by atoms with Gasteiger partial charge in [0, 0.05) is 38.3 Å². The molecule has 0 aromatic heterocycles. The summed E-state index contributed by atoms with van der Waals surface area (Å²) in [5.74, 6) is 0.965. The highest BCUT2D eigenvalue weighted by Crippen LogP contribution is 2.26. The first-order chi connectivity index (χ1) is 7.72. The van der Waals surface area contributed by atoms with E-state index in [1.54, 1.807) is 0 Å². The van der Waals surface area contributed by atoms with Crippen molar-refractivity contribution in [3.8, 4) is 0 Å². The molecule has 3 nitrogen and oxygen atoms in total. The van der Waals surface area contributed by atoms with Gasteiger partial charge < -0.3 is 4.90 Å². The zero-order chi connectivity index (χ0) is 11.1. The van der Waals surface area contributed by atoms with Crippen molar-refractivity contribution in [2.24, 2.45) is 5.92 Å². The fourth-order valence-corrected chi connectivity index (χ4v) is 3.31. The summed E-state index contributed by atoms with van der Waals surface area (Å²) in [5.41, 5.74) is 0. The van der Waals surface area contributed by atoms with E-state index >= 15 is 0 Å². The summed E-state index contributed by atoms with van der Waals surface area (Å²) < 4.78 is 0. The molecule has 0 saturated carbocycles. The Kier molecular flexibility index (Phi) is 2.94. The Morgan fingerprint density at radius 3 is 1.94 bits per heavy atom. The van der Waals surface area contributed by atoms with E-state index in [0.29, 0.717) is 0 Å². The van der Waals surface area contributed by atoms with Gasteiger partial charge in [-0.1, -0.05) is 6.92 Å². The lowest BCUT2D eigenvalue weighted by Crippen LogP contribution is -2.69. The van der Waals surface area contributed by atoms with Crippen LogP contribution in [-0.2, 0) is 0 Å². The Labute approximate surface area is 99.4 Å². The highest BCUT2D eigenvalue weighted by Gasteiger charge is 2.40. The largest absolute Gasteiger partial charge is 0.303 e. The van der Waals surface area contributed by atoms with Crippen LogP contribution in [0.2, 0.25) is 0 Å². The molecule has 3 heterocycles. The van der Waals surface area contributed by atoms with Gasteiger partial charge in [0.25, 0.3) is 0 Å². The Hall–Kier alpha value is -0.120. The molecule has 16 heavy (non-hydrogen) atoms. The van der Waals surface area contributed by atoms with Gasteiger partial charge in [0.05, 0.1) is 0 Å². The van der Waals surface area contributed by atoms with E-state index in [0.717, 1.165) is 18.0 Å². The van der Waals surface area contributed by atoms with Gasteiger partial charge in [0.1, 0.15) is 0 Å². The van der Waals surface area contributed by atoms with Crippen LogP contribution in [0, 0.1) is 5.92 Å². The molecule has 3 heteroatoms. The van der Waals surface area contributed by atoms with Crippen LogP contribution in [0.4, 0.5) is 0 Å². The molecule has 0 spiro atoms. The van der Waals surface area contributed by atoms with Gasteiger partial charge in [0.15, 0.2) is 0 Å². The zero-order valence-corrected chi connectivity index (χ0v) is 10.7. The van der Waals surface area contributed by atoms with Crippen molar-refractivity contribution in [3.63, 3.8) is 0 Å². The smallest absolute Gasteiger partial charge is 0.0351 e. The Morgan fingerprint density at radius 1 is 0.812 bits per heavy atom. The number of likely N-dealkylation sites (N-methyl/N-ethyl adjacent to an activating group) is 1. The fourth-order valence-electron chi connectivity index (χ4n) is 3.31. The third kappa shape index (κ3) is 2.01. The molecule has 0 aliphatic carbocycles. The molecule has 3 fully saturated rings. The van der Waals surface area contributed by atoms with Gasteiger partial charge >= 0.3 is 0 Å². The van der Waals surface area contributed by atoms with Crippen LogP contribution in [0.1, 0.15) is 19.8 Å². The highest BCUT2D eigenvalue weighted by atomic mass is 15.4. The first-order valence-electron chi connectivity index (χ1n) is 6.89. The molecular weight excluding hydrogens is 198 g/mol. The van der Waals surface area contributed by atoms with E-state index in [2.05, 4.69) is 28.7 Å². The van der Waals surface area contributed by atoms with Crippen molar-refractivity contribution in [2.45, 2.75) is 31.8 Å². The van der Waals surface area contributed by atoms with Crippen molar-refractivity contribution in [1.29, 1.82) is 0 Å². The summed E-state index contributed by atoms with van der Waals surface area (Å²) >= 11 is 0. The lowest BCUT2D eigenvalue weighted by molar-refractivity contribution is -0.0503. The van der Waals surface area contributed by atoms with Crippen molar-refractivity contribution < 1.29 is 0 Å². The Morgan fingerprint density at radius 2 is 1.38 bits per heavy atom. The second-order valence-electron chi connectivity index (χ2n) is 6.20. The molecule has 0 unspecified atom stereocenters. The van der Waals surface area contributed by atoms with Crippen LogP contribution >= 0.6 is 0 Å². The molecule has 0 bridgehead atoms. The highest BCUT2D eigenvalue weighted by molar-refractivity contribution is 4.97. The van der Waals surface area contributed by atoms with Crippen molar-refractivity contribution in [3.05, 3.63) is 0 Å². The van der Waals surface area contributed by atoms with Gasteiger partial charge in [-0.25, -0.2) is 0 Å². The van der Waals surface area contributed by atoms with Crippen LogP contribution in [0.25, 0.3) is 0 Å². The predicted molar refractivity (Wildman–Crippen MR) is 66.6 cm³/mol. The molecule has 3 rings (SSSR count). The standard InChI is InChI=1S/C13H25N3/c1-11-3-5-15(6-4-11)13-9-16(10-13)12-7-14(2)8-12/h11-13H,3-10H2,1-2H3. The second kappa shape index (κ2) is 4.28. The number of piperidine rings is 1. The lowest BCUT2D eigenvalue weighted by atomic mass is 9.94. The number of likely N-dealkylation sites (tertiary alicyclic amines) is 3. The van der Waals surface area contributed by atoms with Crippen LogP contribution in [-0.4, -0.2) is 73.1 Å². The summed E-state index contributed by atoms with van der Waals surface area (Å²) in [7, 11) is 2.22. The number of hydrogen-bond donors (Lipinski definition) is 0. The maximum absolute atomic E-state index is 2.74. The minimum Gasteiger partial charge on any atom is -0.303 e.